The zero-order valence-corrected chi connectivity index (χ0v) is 61.6. The molecule has 0 aliphatic heterocycles. The Morgan fingerprint density at radius 2 is 0.514 bits per heavy atom. The Bertz CT molecular complexity index is 2060. The van der Waals surface area contributed by atoms with Gasteiger partial charge in [0.2, 0.25) is 29.5 Å². The van der Waals surface area contributed by atoms with E-state index in [0.717, 1.165) is 17.0 Å². The molecule has 0 radical (unpaired) electrons. The van der Waals surface area contributed by atoms with Crippen molar-refractivity contribution in [3.05, 3.63) is 12.1 Å². The lowest BCUT2D eigenvalue weighted by molar-refractivity contribution is -0.148. The highest BCUT2D eigenvalue weighted by Gasteiger charge is 2.27. The van der Waals surface area contributed by atoms with Crippen LogP contribution in [-0.4, -0.2) is 409 Å². The van der Waals surface area contributed by atoms with Gasteiger partial charge in [0, 0.05) is 110 Å². The molecule has 0 fully saturated rings. The van der Waals surface area contributed by atoms with Crippen molar-refractivity contribution in [2.24, 2.45) is 0 Å². The van der Waals surface area contributed by atoms with Crippen LogP contribution in [0.2, 0.25) is 0 Å². The number of aliphatic hydroxyl groups excluding tert-OH is 16. The zero-order chi connectivity index (χ0) is 79.2. The van der Waals surface area contributed by atoms with Crippen molar-refractivity contribution in [3.8, 4) is 11.8 Å². The molecule has 39 nitrogen and oxygen atoms in total. The summed E-state index contributed by atoms with van der Waals surface area (Å²) < 4.78 is 70.3. The van der Waals surface area contributed by atoms with Gasteiger partial charge in [-0.3, -0.25) is 14.4 Å². The second-order valence-electron chi connectivity index (χ2n) is 25.1. The van der Waals surface area contributed by atoms with Crippen LogP contribution in [-0.2, 0) is 76.0 Å². The van der Waals surface area contributed by atoms with Crippen LogP contribution in [0.15, 0.2) is 12.1 Å². The number of nitrogens with one attached hydrogen (secondary N) is 2. The standard InChI is InChI=1S/C68H128N4O35/c73-33-55(34-74)99-23-11-51(12-24-100-56(35-75)36-76)95-19-1-3-49(9-21-97-53(15-27-103-59(41-81)42-82)16-28-104-60(43-83)44-84)69-63(89)31-71(65(91)7-8-68(94)107-72-66(92)5-6-67(72)93)32-64(90)70-50(10-22-98-54(17-29-105-61(45-85)46-86)18-30-106-62(47-87)48-88)4-2-20-96-52(13-25-101-57(37-77)38-78)14-26-102-58(39-79)40-80/h5-6,49-62,73-88,92-93H,1-4,7-48H2,(H,69,89)(H,70,90). The Kier molecular flexibility index (Phi) is 62.3. The smallest absolute Gasteiger partial charge is 0.333 e. The molecule has 20 N–H and O–H groups in total. The molecular weight excluding hydrogens is 1430 g/mol. The maximum Gasteiger partial charge on any atom is 0.333 e. The van der Waals surface area contributed by atoms with E-state index in [4.69, 9.17) is 61.7 Å². The summed E-state index contributed by atoms with van der Waals surface area (Å²) in [5.41, 5.74) is 0. The van der Waals surface area contributed by atoms with Gasteiger partial charge in [0.05, 0.1) is 137 Å². The topological polar surface area (TPSA) is 585 Å². The molecule has 0 aliphatic carbocycles. The highest BCUT2D eigenvalue weighted by Crippen LogP contribution is 2.20. The summed E-state index contributed by atoms with van der Waals surface area (Å²) in [5, 5.41) is 180. The molecule has 0 aromatic carbocycles. The van der Waals surface area contributed by atoms with Gasteiger partial charge in [0.25, 0.3) is 0 Å². The Hall–Kier alpha value is -4.36. The lowest BCUT2D eigenvalue weighted by Gasteiger charge is -2.27. The van der Waals surface area contributed by atoms with Gasteiger partial charge in [-0.1, -0.05) is 0 Å². The molecule has 0 saturated carbocycles. The molecule has 0 bridgehead atoms. The molecule has 39 heteroatoms. The van der Waals surface area contributed by atoms with Crippen molar-refractivity contribution in [1.29, 1.82) is 0 Å². The highest BCUT2D eigenvalue weighted by molar-refractivity contribution is 5.90. The minimum atomic E-state index is -1.11. The van der Waals surface area contributed by atoms with Gasteiger partial charge in [-0.15, -0.1) is 4.73 Å². The second-order valence-corrected chi connectivity index (χ2v) is 25.1. The number of aliphatic hydroxyl groups is 16. The average molecular weight is 1560 g/mol. The molecule has 2 atom stereocenters. The van der Waals surface area contributed by atoms with Crippen LogP contribution in [0.5, 0.6) is 11.8 Å². The first-order chi connectivity index (χ1) is 51.8. The van der Waals surface area contributed by atoms with Crippen LogP contribution in [0.4, 0.5) is 0 Å². The molecule has 107 heavy (non-hydrogen) atoms. The van der Waals surface area contributed by atoms with Crippen molar-refractivity contribution in [3.63, 3.8) is 0 Å². The minimum absolute atomic E-state index is 0.0195. The molecule has 0 aliphatic rings. The third-order valence-corrected chi connectivity index (χ3v) is 16.6. The van der Waals surface area contributed by atoms with Gasteiger partial charge < -0.3 is 169 Å². The molecule has 1 rings (SSSR count). The molecule has 0 spiro atoms. The molecule has 1 aromatic rings. The molecule has 630 valence electrons. The number of aromatic hydroxyl groups is 2. The van der Waals surface area contributed by atoms with Crippen molar-refractivity contribution in [2.45, 2.75) is 188 Å². The number of hydrogen-bond donors (Lipinski definition) is 20. The summed E-state index contributed by atoms with van der Waals surface area (Å²) in [5.74, 6) is -4.90. The number of nitrogens with zero attached hydrogens (tertiary/aromatic N) is 2. The summed E-state index contributed by atoms with van der Waals surface area (Å²) in [7, 11) is 0. The van der Waals surface area contributed by atoms with Crippen LogP contribution >= 0.6 is 0 Å². The minimum Gasteiger partial charge on any atom is -0.492 e. The molecule has 1 heterocycles. The molecular formula is C68H128N4O35. The Labute approximate surface area is 624 Å². The molecule has 1 aromatic heterocycles. The molecule has 0 saturated heterocycles. The Balaban J connectivity index is 3.85. The van der Waals surface area contributed by atoms with Gasteiger partial charge >= 0.3 is 5.97 Å². The van der Waals surface area contributed by atoms with Gasteiger partial charge in [-0.25, -0.2) is 4.79 Å². The van der Waals surface area contributed by atoms with E-state index in [0.29, 0.717) is 4.73 Å². The maximum absolute atomic E-state index is 14.6. The third-order valence-electron chi connectivity index (χ3n) is 16.6. The van der Waals surface area contributed by atoms with E-state index in [-0.39, 0.29) is 169 Å². The first-order valence-corrected chi connectivity index (χ1v) is 36.6. The van der Waals surface area contributed by atoms with Gasteiger partial charge in [-0.2, -0.15) is 0 Å². The van der Waals surface area contributed by atoms with Crippen molar-refractivity contribution in [2.75, 3.05) is 198 Å². The molecule has 2 unspecified atom stereocenters. The van der Waals surface area contributed by atoms with Crippen molar-refractivity contribution in [1.82, 2.24) is 20.3 Å². The number of carbonyl (C=O) groups excluding carboxylic acids is 4. The number of rotatable bonds is 76. The third kappa shape index (κ3) is 48.9. The van der Waals surface area contributed by atoms with E-state index in [1.54, 1.807) is 0 Å². The zero-order valence-electron chi connectivity index (χ0n) is 61.6. The highest BCUT2D eigenvalue weighted by atomic mass is 16.7. The van der Waals surface area contributed by atoms with Crippen LogP contribution in [0, 0.1) is 0 Å². The fourth-order valence-electron chi connectivity index (χ4n) is 10.1. The lowest BCUT2D eigenvalue weighted by Crippen LogP contribution is -2.49. The van der Waals surface area contributed by atoms with E-state index in [1.165, 1.54) is 0 Å². The quantitative estimate of drug-likeness (QED) is 0.0270. The fraction of sp³-hybridized carbons (Fsp3) is 0.882. The summed E-state index contributed by atoms with van der Waals surface area (Å²) in [6.45, 7) is -8.51. The normalized spacial score (nSPS) is 12.8. The lowest BCUT2D eigenvalue weighted by atomic mass is 10.1. The Morgan fingerprint density at radius 3 is 0.748 bits per heavy atom. The van der Waals surface area contributed by atoms with Crippen LogP contribution in [0.3, 0.4) is 0 Å². The first-order valence-electron chi connectivity index (χ1n) is 36.6. The number of hydrogen-bond acceptors (Lipinski definition) is 35. The van der Waals surface area contributed by atoms with Crippen molar-refractivity contribution < 1.29 is 173 Å². The SMILES string of the molecule is O=C(CN(CC(=O)NC(CCCOC(CCOC(CO)CO)CCOC(CO)CO)CCOC(CCOC(CO)CO)CCOC(CO)CO)C(=O)CCC(=O)On1c(O)ccc1O)NC(CCCOC(CCOC(CO)CO)CCOC(CO)CO)CCOC(CCOC(CO)CO)CCOC(CO)CO. The largest absolute Gasteiger partial charge is 0.492 e. The van der Waals surface area contributed by atoms with E-state index in [9.17, 15) is 111 Å². The van der Waals surface area contributed by atoms with E-state index < -0.39 is 252 Å². The number of ether oxygens (including phenoxy) is 12. The second kappa shape index (κ2) is 66.3. The molecule has 3 amide bonds. The predicted molar refractivity (Wildman–Crippen MR) is 374 cm³/mol. The summed E-state index contributed by atoms with van der Waals surface area (Å²) >= 11 is 0. The van der Waals surface area contributed by atoms with Crippen LogP contribution in [0.25, 0.3) is 0 Å². The first kappa shape index (κ1) is 101. The van der Waals surface area contributed by atoms with Crippen LogP contribution in [0.1, 0.15) is 103 Å². The monoisotopic (exact) mass is 1560 g/mol. The number of carbonyl (C=O) groups is 4. The van der Waals surface area contributed by atoms with Gasteiger partial charge in [0.1, 0.15) is 61.9 Å². The fourth-order valence-corrected chi connectivity index (χ4v) is 10.1. The summed E-state index contributed by atoms with van der Waals surface area (Å²) in [6, 6.07) is 0.542. The van der Waals surface area contributed by atoms with Crippen LogP contribution < -0.4 is 15.5 Å². The number of amides is 3. The predicted octanol–water partition coefficient (Wildman–Crippen LogP) is -6.61. The van der Waals surface area contributed by atoms with Gasteiger partial charge in [0.15, 0.2) is 0 Å². The number of aromatic nitrogens is 1. The maximum atomic E-state index is 14.6. The summed E-state index contributed by atoms with van der Waals surface area (Å²) in [6.07, 6.45) is -7.59. The van der Waals surface area contributed by atoms with Crippen molar-refractivity contribution >= 4 is 23.7 Å². The van der Waals surface area contributed by atoms with E-state index >= 15 is 0 Å². The van der Waals surface area contributed by atoms with E-state index in [2.05, 4.69) is 10.6 Å². The van der Waals surface area contributed by atoms with Gasteiger partial charge in [-0.05, 0) is 89.9 Å². The Morgan fingerprint density at radius 1 is 0.299 bits per heavy atom. The summed E-state index contributed by atoms with van der Waals surface area (Å²) in [4.78, 5) is 62.6. The van der Waals surface area contributed by atoms with E-state index in [1.807, 2.05) is 0 Å². The average Bonchev–Trinajstić information content (AvgIpc) is 1.67.